The van der Waals surface area contributed by atoms with Gasteiger partial charge in [-0.05, 0) is 30.4 Å². The van der Waals surface area contributed by atoms with Crippen LogP contribution >= 0.6 is 0 Å². The summed E-state index contributed by atoms with van der Waals surface area (Å²) < 4.78 is 13.5. The van der Waals surface area contributed by atoms with Crippen LogP contribution in [0.25, 0.3) is 0 Å². The van der Waals surface area contributed by atoms with Crippen LogP contribution in [0.15, 0.2) is 12.1 Å². The molecule has 0 atom stereocenters. The second-order valence-electron chi connectivity index (χ2n) is 3.51. The van der Waals surface area contributed by atoms with E-state index in [1.807, 2.05) is 0 Å². The Morgan fingerprint density at radius 2 is 2.14 bits per heavy atom. The lowest BCUT2D eigenvalue weighted by atomic mass is 10.0. The Kier molecular flexibility index (Phi) is 1.91. The van der Waals surface area contributed by atoms with E-state index in [-0.39, 0.29) is 17.2 Å². The van der Waals surface area contributed by atoms with Crippen molar-refractivity contribution in [2.45, 2.75) is 18.8 Å². The molecule has 4 heteroatoms. The Morgan fingerprint density at radius 1 is 1.50 bits per heavy atom. The molecule has 0 aliphatic heterocycles. The van der Waals surface area contributed by atoms with E-state index in [1.54, 1.807) is 0 Å². The quantitative estimate of drug-likeness (QED) is 0.709. The van der Waals surface area contributed by atoms with Crippen LogP contribution in [-0.4, -0.2) is 11.1 Å². The monoisotopic (exact) mass is 195 g/mol. The van der Waals surface area contributed by atoms with Gasteiger partial charge in [0.2, 0.25) is 0 Å². The minimum absolute atomic E-state index is 0.160. The Bertz CT molecular complexity index is 399. The van der Waals surface area contributed by atoms with Crippen LogP contribution in [0.4, 0.5) is 10.1 Å². The Morgan fingerprint density at radius 3 is 2.64 bits per heavy atom. The Hall–Kier alpha value is -1.58. The SMILES string of the molecule is Nc1c(C(=O)O)ccc(C2CC2)c1F. The topological polar surface area (TPSA) is 63.3 Å². The number of hydrogen-bond donors (Lipinski definition) is 2. The molecule has 3 nitrogen and oxygen atoms in total. The van der Waals surface area contributed by atoms with E-state index < -0.39 is 11.8 Å². The van der Waals surface area contributed by atoms with Crippen molar-refractivity contribution in [2.75, 3.05) is 5.73 Å². The molecule has 0 bridgehead atoms. The maximum Gasteiger partial charge on any atom is 0.337 e. The second kappa shape index (κ2) is 2.97. The zero-order valence-electron chi connectivity index (χ0n) is 7.46. The standard InChI is InChI=1S/C10H10FNO2/c11-8-6(5-1-2-5)3-4-7(9(8)12)10(13)14/h3-5H,1-2,12H2,(H,13,14). The zero-order valence-corrected chi connectivity index (χ0v) is 7.46. The van der Waals surface area contributed by atoms with Gasteiger partial charge in [0.05, 0.1) is 11.3 Å². The van der Waals surface area contributed by atoms with Crippen molar-refractivity contribution < 1.29 is 14.3 Å². The minimum Gasteiger partial charge on any atom is -0.478 e. The van der Waals surface area contributed by atoms with Crippen molar-refractivity contribution in [1.29, 1.82) is 0 Å². The molecular formula is C10H10FNO2. The van der Waals surface area contributed by atoms with Gasteiger partial charge in [0.25, 0.3) is 0 Å². The molecule has 0 aromatic heterocycles. The summed E-state index contributed by atoms with van der Waals surface area (Å²) in [5, 5.41) is 8.69. The summed E-state index contributed by atoms with van der Waals surface area (Å²) in [5.74, 6) is -1.52. The second-order valence-corrected chi connectivity index (χ2v) is 3.51. The fraction of sp³-hybridized carbons (Fsp3) is 0.300. The molecule has 0 spiro atoms. The highest BCUT2D eigenvalue weighted by atomic mass is 19.1. The van der Waals surface area contributed by atoms with Crippen molar-refractivity contribution in [3.63, 3.8) is 0 Å². The fourth-order valence-corrected chi connectivity index (χ4v) is 1.51. The summed E-state index contributed by atoms with van der Waals surface area (Å²) in [4.78, 5) is 10.6. The number of hydrogen-bond acceptors (Lipinski definition) is 2. The minimum atomic E-state index is -1.19. The molecule has 1 saturated carbocycles. The average Bonchev–Trinajstić information content (AvgIpc) is 2.92. The van der Waals surface area contributed by atoms with Crippen molar-refractivity contribution in [3.8, 4) is 0 Å². The van der Waals surface area contributed by atoms with E-state index in [0.29, 0.717) is 5.56 Å². The smallest absolute Gasteiger partial charge is 0.337 e. The van der Waals surface area contributed by atoms with Crippen LogP contribution in [0.3, 0.4) is 0 Å². The number of nitrogen functional groups attached to an aromatic ring is 1. The lowest BCUT2D eigenvalue weighted by Gasteiger charge is -2.06. The van der Waals surface area contributed by atoms with Gasteiger partial charge >= 0.3 is 5.97 Å². The number of aromatic carboxylic acids is 1. The van der Waals surface area contributed by atoms with Gasteiger partial charge in [-0.3, -0.25) is 0 Å². The van der Waals surface area contributed by atoms with Crippen molar-refractivity contribution in [3.05, 3.63) is 29.1 Å². The number of benzene rings is 1. The first-order valence-electron chi connectivity index (χ1n) is 4.42. The first-order valence-corrected chi connectivity index (χ1v) is 4.42. The first-order chi connectivity index (χ1) is 6.61. The van der Waals surface area contributed by atoms with E-state index in [9.17, 15) is 9.18 Å². The molecule has 74 valence electrons. The zero-order chi connectivity index (χ0) is 10.3. The largest absolute Gasteiger partial charge is 0.478 e. The Balaban J connectivity index is 2.50. The number of rotatable bonds is 2. The molecule has 1 fully saturated rings. The van der Waals surface area contributed by atoms with Crippen LogP contribution in [0.5, 0.6) is 0 Å². The summed E-state index contributed by atoms with van der Waals surface area (Å²) >= 11 is 0. The maximum absolute atomic E-state index is 13.5. The van der Waals surface area contributed by atoms with Gasteiger partial charge in [-0.1, -0.05) is 6.07 Å². The third-order valence-electron chi connectivity index (χ3n) is 2.46. The van der Waals surface area contributed by atoms with Crippen molar-refractivity contribution in [2.24, 2.45) is 0 Å². The number of carboxylic acids is 1. The molecule has 1 aromatic rings. The lowest BCUT2D eigenvalue weighted by Crippen LogP contribution is -2.06. The van der Waals surface area contributed by atoms with Crippen LogP contribution in [0, 0.1) is 5.82 Å². The molecule has 0 saturated heterocycles. The van der Waals surface area contributed by atoms with Gasteiger partial charge in [0.1, 0.15) is 5.82 Å². The van der Waals surface area contributed by atoms with E-state index >= 15 is 0 Å². The van der Waals surface area contributed by atoms with Crippen molar-refractivity contribution >= 4 is 11.7 Å². The molecular weight excluding hydrogens is 185 g/mol. The average molecular weight is 195 g/mol. The van der Waals surface area contributed by atoms with Crippen LogP contribution in [0.1, 0.15) is 34.7 Å². The molecule has 1 aromatic carbocycles. The number of halogens is 1. The third-order valence-corrected chi connectivity index (χ3v) is 2.46. The maximum atomic E-state index is 13.5. The molecule has 3 N–H and O–H groups in total. The molecule has 0 heterocycles. The van der Waals surface area contributed by atoms with Gasteiger partial charge in [-0.15, -0.1) is 0 Å². The van der Waals surface area contributed by atoms with E-state index in [4.69, 9.17) is 10.8 Å². The van der Waals surface area contributed by atoms with E-state index in [1.165, 1.54) is 12.1 Å². The predicted molar refractivity (Wildman–Crippen MR) is 49.7 cm³/mol. The van der Waals surface area contributed by atoms with Gasteiger partial charge in [0.15, 0.2) is 0 Å². The number of nitrogens with two attached hydrogens (primary N) is 1. The van der Waals surface area contributed by atoms with Gasteiger partial charge in [-0.2, -0.15) is 0 Å². The summed E-state index contributed by atoms with van der Waals surface area (Å²) in [6.07, 6.45) is 1.92. The molecule has 14 heavy (non-hydrogen) atoms. The Labute approximate surface area is 80.3 Å². The fourth-order valence-electron chi connectivity index (χ4n) is 1.51. The summed E-state index contributed by atoms with van der Waals surface area (Å²) in [6.45, 7) is 0. The van der Waals surface area contributed by atoms with Gasteiger partial charge in [0, 0.05) is 0 Å². The lowest BCUT2D eigenvalue weighted by molar-refractivity contribution is 0.0697. The van der Waals surface area contributed by atoms with E-state index in [2.05, 4.69) is 0 Å². The van der Waals surface area contributed by atoms with Crippen LogP contribution in [-0.2, 0) is 0 Å². The first kappa shape index (κ1) is 8.99. The van der Waals surface area contributed by atoms with Crippen LogP contribution < -0.4 is 5.73 Å². The summed E-state index contributed by atoms with van der Waals surface area (Å²) in [7, 11) is 0. The van der Waals surface area contributed by atoms with E-state index in [0.717, 1.165) is 12.8 Å². The number of carbonyl (C=O) groups is 1. The van der Waals surface area contributed by atoms with Gasteiger partial charge < -0.3 is 10.8 Å². The molecule has 2 rings (SSSR count). The third kappa shape index (κ3) is 1.32. The normalized spacial score (nSPS) is 15.5. The predicted octanol–water partition coefficient (Wildman–Crippen LogP) is 1.98. The highest BCUT2D eigenvalue weighted by Gasteiger charge is 2.28. The molecule has 1 aliphatic rings. The summed E-state index contributed by atoms with van der Waals surface area (Å²) in [6, 6.07) is 2.89. The molecule has 0 amide bonds. The highest BCUT2D eigenvalue weighted by molar-refractivity contribution is 5.93. The summed E-state index contributed by atoms with van der Waals surface area (Å²) in [5.41, 5.74) is 5.53. The van der Waals surface area contributed by atoms with Crippen molar-refractivity contribution in [1.82, 2.24) is 0 Å². The number of anilines is 1. The van der Waals surface area contributed by atoms with Gasteiger partial charge in [-0.25, -0.2) is 9.18 Å². The number of carboxylic acid groups (broad SMARTS) is 1. The highest BCUT2D eigenvalue weighted by Crippen LogP contribution is 2.42. The molecule has 1 aliphatic carbocycles. The molecule has 0 unspecified atom stereocenters. The molecule has 0 radical (unpaired) electrons. The van der Waals surface area contributed by atoms with Crippen LogP contribution in [0.2, 0.25) is 0 Å².